The van der Waals surface area contributed by atoms with Crippen molar-refractivity contribution >= 4 is 0 Å². The molecule has 0 spiro atoms. The smallest absolute Gasteiger partial charge is 0.166 e. The summed E-state index contributed by atoms with van der Waals surface area (Å²) in [6.07, 6.45) is 1.98. The van der Waals surface area contributed by atoms with Gasteiger partial charge in [0.1, 0.15) is 6.07 Å². The van der Waals surface area contributed by atoms with Gasteiger partial charge in [-0.2, -0.15) is 10.4 Å². The second kappa shape index (κ2) is 3.37. The minimum Gasteiger partial charge on any atom is -0.266 e. The van der Waals surface area contributed by atoms with E-state index in [2.05, 4.69) is 52.7 Å². The second-order valence-corrected chi connectivity index (χ2v) is 5.87. The van der Waals surface area contributed by atoms with Crippen LogP contribution in [0.5, 0.6) is 0 Å². The average molecular weight is 205 g/mol. The van der Waals surface area contributed by atoms with E-state index < -0.39 is 0 Å². The molecule has 0 aromatic carbocycles. The molecule has 0 saturated carbocycles. The van der Waals surface area contributed by atoms with Gasteiger partial charge < -0.3 is 0 Å². The van der Waals surface area contributed by atoms with Crippen molar-refractivity contribution in [3.05, 3.63) is 17.5 Å². The molecule has 0 aliphatic rings. The molecule has 0 aliphatic carbocycles. The topological polar surface area (TPSA) is 41.6 Å². The van der Waals surface area contributed by atoms with Crippen molar-refractivity contribution in [3.63, 3.8) is 0 Å². The quantitative estimate of drug-likeness (QED) is 0.653. The maximum absolute atomic E-state index is 9.03. The third kappa shape index (κ3) is 2.38. The van der Waals surface area contributed by atoms with Crippen LogP contribution in [0.2, 0.25) is 0 Å². The minimum atomic E-state index is -0.0743. The van der Waals surface area contributed by atoms with Crippen molar-refractivity contribution in [2.75, 3.05) is 0 Å². The Morgan fingerprint density at radius 1 is 1.20 bits per heavy atom. The molecular formula is C12H19N3. The van der Waals surface area contributed by atoms with Crippen LogP contribution in [0.15, 0.2) is 6.20 Å². The Kier molecular flexibility index (Phi) is 2.65. The van der Waals surface area contributed by atoms with Gasteiger partial charge in [-0.3, -0.25) is 4.68 Å². The van der Waals surface area contributed by atoms with Crippen LogP contribution in [-0.4, -0.2) is 9.78 Å². The van der Waals surface area contributed by atoms with Crippen molar-refractivity contribution in [3.8, 4) is 6.07 Å². The van der Waals surface area contributed by atoms with Gasteiger partial charge in [0, 0.05) is 11.8 Å². The summed E-state index contributed by atoms with van der Waals surface area (Å²) in [5, 5.41) is 13.4. The number of nitriles is 1. The highest BCUT2D eigenvalue weighted by atomic mass is 15.3. The lowest BCUT2D eigenvalue weighted by Crippen LogP contribution is -2.22. The van der Waals surface area contributed by atoms with Crippen molar-refractivity contribution in [2.24, 2.45) is 0 Å². The summed E-state index contributed by atoms with van der Waals surface area (Å²) in [7, 11) is 0. The molecule has 15 heavy (non-hydrogen) atoms. The Morgan fingerprint density at radius 3 is 2.00 bits per heavy atom. The summed E-state index contributed by atoms with van der Waals surface area (Å²) in [5.74, 6) is 0. The largest absolute Gasteiger partial charge is 0.266 e. The van der Waals surface area contributed by atoms with Gasteiger partial charge in [-0.1, -0.05) is 20.8 Å². The second-order valence-electron chi connectivity index (χ2n) is 5.87. The maximum atomic E-state index is 9.03. The van der Waals surface area contributed by atoms with Crippen molar-refractivity contribution in [1.29, 1.82) is 5.26 Å². The fraction of sp³-hybridized carbons (Fsp3) is 0.667. The van der Waals surface area contributed by atoms with Crippen LogP contribution in [0.4, 0.5) is 0 Å². The summed E-state index contributed by atoms with van der Waals surface area (Å²) in [5.41, 5.74) is 1.45. The van der Waals surface area contributed by atoms with Gasteiger partial charge in [0.25, 0.3) is 0 Å². The number of nitrogens with zero attached hydrogens (tertiary/aromatic N) is 3. The van der Waals surface area contributed by atoms with Crippen molar-refractivity contribution < 1.29 is 0 Å². The first-order valence-corrected chi connectivity index (χ1v) is 5.17. The van der Waals surface area contributed by atoms with E-state index in [0.29, 0.717) is 5.69 Å². The van der Waals surface area contributed by atoms with Gasteiger partial charge in [-0.15, -0.1) is 0 Å². The molecule has 0 bridgehead atoms. The predicted molar refractivity (Wildman–Crippen MR) is 60.6 cm³/mol. The number of rotatable bonds is 0. The fourth-order valence-electron chi connectivity index (χ4n) is 1.35. The van der Waals surface area contributed by atoms with Gasteiger partial charge in [0.2, 0.25) is 0 Å². The van der Waals surface area contributed by atoms with Crippen molar-refractivity contribution in [1.82, 2.24) is 9.78 Å². The van der Waals surface area contributed by atoms with Gasteiger partial charge in [-0.25, -0.2) is 0 Å². The highest BCUT2D eigenvalue weighted by molar-refractivity contribution is 5.34. The zero-order valence-electron chi connectivity index (χ0n) is 10.4. The standard InChI is InChI=1S/C12H19N3/c1-11(2,3)9-8-15(12(4,5)6)14-10(9)7-13/h8H,1-6H3. The lowest BCUT2D eigenvalue weighted by atomic mass is 9.87. The van der Waals surface area contributed by atoms with E-state index in [1.54, 1.807) is 0 Å². The Morgan fingerprint density at radius 2 is 1.73 bits per heavy atom. The number of hydrogen-bond donors (Lipinski definition) is 0. The molecule has 3 nitrogen and oxygen atoms in total. The molecule has 0 amide bonds. The third-order valence-corrected chi connectivity index (χ3v) is 2.32. The van der Waals surface area contributed by atoms with Crippen LogP contribution in [0, 0.1) is 11.3 Å². The molecule has 82 valence electrons. The third-order valence-electron chi connectivity index (χ3n) is 2.32. The molecule has 1 heterocycles. The Hall–Kier alpha value is -1.30. The lowest BCUT2D eigenvalue weighted by molar-refractivity contribution is 0.354. The average Bonchev–Trinajstić information content (AvgIpc) is 2.44. The molecule has 0 N–H and O–H groups in total. The Bertz CT molecular complexity index is 394. The first-order valence-electron chi connectivity index (χ1n) is 5.17. The van der Waals surface area contributed by atoms with Crippen LogP contribution in [-0.2, 0) is 11.0 Å². The molecular weight excluding hydrogens is 186 g/mol. The monoisotopic (exact) mass is 205 g/mol. The maximum Gasteiger partial charge on any atom is 0.166 e. The van der Waals surface area contributed by atoms with Crippen LogP contribution < -0.4 is 0 Å². The first-order chi connectivity index (χ1) is 6.66. The highest BCUT2D eigenvalue weighted by Crippen LogP contribution is 2.26. The molecule has 0 fully saturated rings. The number of aromatic nitrogens is 2. The van der Waals surface area contributed by atoms with E-state index in [0.717, 1.165) is 5.56 Å². The van der Waals surface area contributed by atoms with E-state index in [1.165, 1.54) is 0 Å². The Labute approximate surface area is 91.7 Å². The lowest BCUT2D eigenvalue weighted by Gasteiger charge is -2.20. The molecule has 0 unspecified atom stereocenters. The molecule has 0 radical (unpaired) electrons. The van der Waals surface area contributed by atoms with E-state index in [1.807, 2.05) is 10.9 Å². The summed E-state index contributed by atoms with van der Waals surface area (Å²) in [6, 6.07) is 2.16. The van der Waals surface area contributed by atoms with Gasteiger partial charge in [0.05, 0.1) is 5.54 Å². The fourth-order valence-corrected chi connectivity index (χ4v) is 1.35. The van der Waals surface area contributed by atoms with E-state index in [4.69, 9.17) is 5.26 Å². The van der Waals surface area contributed by atoms with Crippen molar-refractivity contribution in [2.45, 2.75) is 52.5 Å². The molecule has 0 atom stereocenters. The van der Waals surface area contributed by atoms with Crippen LogP contribution in [0.1, 0.15) is 52.8 Å². The van der Waals surface area contributed by atoms with Gasteiger partial charge >= 0.3 is 0 Å². The van der Waals surface area contributed by atoms with Crippen LogP contribution >= 0.6 is 0 Å². The zero-order valence-corrected chi connectivity index (χ0v) is 10.4. The summed E-state index contributed by atoms with van der Waals surface area (Å²) >= 11 is 0. The van der Waals surface area contributed by atoms with Crippen LogP contribution in [0.25, 0.3) is 0 Å². The summed E-state index contributed by atoms with van der Waals surface area (Å²) in [6.45, 7) is 12.5. The van der Waals surface area contributed by atoms with E-state index in [-0.39, 0.29) is 11.0 Å². The molecule has 1 aromatic rings. The van der Waals surface area contributed by atoms with E-state index in [9.17, 15) is 0 Å². The molecule has 3 heteroatoms. The molecule has 0 saturated heterocycles. The predicted octanol–water partition coefficient (Wildman–Crippen LogP) is 2.81. The number of hydrogen-bond acceptors (Lipinski definition) is 2. The highest BCUT2D eigenvalue weighted by Gasteiger charge is 2.24. The zero-order chi connectivity index (χ0) is 11.9. The molecule has 1 aromatic heterocycles. The SMILES string of the molecule is CC(C)(C)c1cn(C(C)(C)C)nc1C#N. The molecule has 1 rings (SSSR count). The van der Waals surface area contributed by atoms with E-state index >= 15 is 0 Å². The van der Waals surface area contributed by atoms with Gasteiger partial charge in [-0.05, 0) is 26.2 Å². The minimum absolute atomic E-state index is 0.0332. The summed E-state index contributed by atoms with van der Waals surface area (Å²) < 4.78 is 1.87. The Balaban J connectivity index is 3.32. The summed E-state index contributed by atoms with van der Waals surface area (Å²) in [4.78, 5) is 0. The first kappa shape index (κ1) is 11.8. The molecule has 0 aliphatic heterocycles. The van der Waals surface area contributed by atoms with Crippen LogP contribution in [0.3, 0.4) is 0 Å². The normalized spacial score (nSPS) is 12.6. The van der Waals surface area contributed by atoms with Gasteiger partial charge in [0.15, 0.2) is 5.69 Å².